The molecule has 0 aliphatic rings. The lowest BCUT2D eigenvalue weighted by Crippen LogP contribution is -2.35. The smallest absolute Gasteiger partial charge is 0.309 e. The highest BCUT2D eigenvalue weighted by Crippen LogP contribution is 2.30. The topological polar surface area (TPSA) is 26.3 Å². The van der Waals surface area contributed by atoms with Crippen LogP contribution in [-0.2, 0) is 9.53 Å². The van der Waals surface area contributed by atoms with Gasteiger partial charge in [0, 0.05) is 0 Å². The molecule has 0 saturated heterocycles. The van der Waals surface area contributed by atoms with Crippen molar-refractivity contribution < 1.29 is 9.53 Å². The van der Waals surface area contributed by atoms with Crippen LogP contribution < -0.4 is 0 Å². The summed E-state index contributed by atoms with van der Waals surface area (Å²) in [7, 11) is 0. The Bertz CT molecular complexity index is 234. The molecule has 0 aliphatic heterocycles. The molecule has 2 heteroatoms. The zero-order valence-electron chi connectivity index (χ0n) is 12.2. The Morgan fingerprint density at radius 3 is 1.81 bits per heavy atom. The monoisotopic (exact) mass is 228 g/mol. The van der Waals surface area contributed by atoms with Gasteiger partial charge in [-0.3, -0.25) is 4.79 Å². The van der Waals surface area contributed by atoms with Crippen molar-refractivity contribution in [2.45, 2.75) is 67.4 Å². The van der Waals surface area contributed by atoms with E-state index in [1.807, 2.05) is 34.6 Å². The maximum absolute atomic E-state index is 11.9. The van der Waals surface area contributed by atoms with Gasteiger partial charge in [0.05, 0.1) is 5.92 Å². The second-order valence-corrected chi connectivity index (χ2v) is 6.95. The second-order valence-electron chi connectivity index (χ2n) is 6.95. The fourth-order valence-corrected chi connectivity index (χ4v) is 1.95. The summed E-state index contributed by atoms with van der Waals surface area (Å²) in [4.78, 5) is 11.9. The molecule has 0 N–H and O–H groups in total. The first-order valence-electron chi connectivity index (χ1n) is 6.17. The summed E-state index contributed by atoms with van der Waals surface area (Å²) in [5.41, 5.74) is -0.205. The van der Waals surface area contributed by atoms with Crippen LogP contribution in [-0.4, -0.2) is 11.6 Å². The largest absolute Gasteiger partial charge is 0.459 e. The molecule has 0 rings (SSSR count). The van der Waals surface area contributed by atoms with Crippen molar-refractivity contribution in [3.63, 3.8) is 0 Å². The highest BCUT2D eigenvalue weighted by Gasteiger charge is 2.31. The van der Waals surface area contributed by atoms with Crippen molar-refractivity contribution in [3.8, 4) is 0 Å². The van der Waals surface area contributed by atoms with Crippen LogP contribution in [0.4, 0.5) is 0 Å². The van der Waals surface area contributed by atoms with E-state index < -0.39 is 0 Å². The molecule has 0 fully saturated rings. The summed E-state index contributed by atoms with van der Waals surface area (Å²) < 4.78 is 5.60. The van der Waals surface area contributed by atoms with E-state index in [0.29, 0.717) is 5.92 Å². The van der Waals surface area contributed by atoms with Gasteiger partial charge in [0.25, 0.3) is 0 Å². The average Bonchev–Trinajstić information content (AvgIpc) is 1.96. The minimum atomic E-state index is -0.377. The van der Waals surface area contributed by atoms with E-state index in [9.17, 15) is 4.79 Å². The van der Waals surface area contributed by atoms with Gasteiger partial charge in [-0.1, -0.05) is 41.5 Å². The molecule has 0 saturated carbocycles. The van der Waals surface area contributed by atoms with Crippen LogP contribution in [0.1, 0.15) is 61.8 Å². The molecule has 0 aromatic rings. The highest BCUT2D eigenvalue weighted by molar-refractivity contribution is 5.72. The maximum Gasteiger partial charge on any atom is 0.309 e. The fourth-order valence-electron chi connectivity index (χ4n) is 1.95. The Morgan fingerprint density at radius 2 is 1.50 bits per heavy atom. The van der Waals surface area contributed by atoms with Crippen molar-refractivity contribution in [1.82, 2.24) is 0 Å². The number of esters is 1. The summed E-state index contributed by atoms with van der Waals surface area (Å²) in [6.07, 6.45) is 0.872. The molecule has 16 heavy (non-hydrogen) atoms. The summed E-state index contributed by atoms with van der Waals surface area (Å²) in [6, 6.07) is 0. The molecule has 96 valence electrons. The molecule has 0 heterocycles. The Hall–Kier alpha value is -0.530. The summed E-state index contributed by atoms with van der Waals surface area (Å²) in [5, 5.41) is 0. The van der Waals surface area contributed by atoms with Gasteiger partial charge in [-0.05, 0) is 31.6 Å². The van der Waals surface area contributed by atoms with Gasteiger partial charge in [-0.25, -0.2) is 0 Å². The first-order chi connectivity index (χ1) is 6.94. The molecule has 0 bridgehead atoms. The molecule has 1 unspecified atom stereocenters. The highest BCUT2D eigenvalue weighted by atomic mass is 16.6. The third kappa shape index (κ3) is 6.14. The van der Waals surface area contributed by atoms with E-state index in [1.165, 1.54) is 0 Å². The number of hydrogen-bond donors (Lipinski definition) is 0. The van der Waals surface area contributed by atoms with Gasteiger partial charge >= 0.3 is 5.97 Å². The minimum Gasteiger partial charge on any atom is -0.459 e. The zero-order valence-corrected chi connectivity index (χ0v) is 12.2. The van der Waals surface area contributed by atoms with Gasteiger partial charge in [0.2, 0.25) is 0 Å². The van der Waals surface area contributed by atoms with Crippen LogP contribution in [0, 0.1) is 17.3 Å². The van der Waals surface area contributed by atoms with Crippen LogP contribution in [0.2, 0.25) is 0 Å². The van der Waals surface area contributed by atoms with E-state index in [4.69, 9.17) is 4.74 Å². The molecule has 2 nitrogen and oxygen atoms in total. The molecule has 1 atom stereocenters. The number of ether oxygens (including phenoxy) is 1. The number of rotatable bonds is 4. The van der Waals surface area contributed by atoms with E-state index in [0.717, 1.165) is 6.42 Å². The minimum absolute atomic E-state index is 0.0285. The molecule has 0 aromatic carbocycles. The van der Waals surface area contributed by atoms with Crippen molar-refractivity contribution in [2.24, 2.45) is 17.3 Å². The van der Waals surface area contributed by atoms with E-state index >= 15 is 0 Å². The average molecular weight is 228 g/mol. The summed E-state index contributed by atoms with van der Waals surface area (Å²) >= 11 is 0. The number of carbonyl (C=O) groups excluding carboxylic acids is 1. The normalized spacial score (nSPS) is 15.1. The Morgan fingerprint density at radius 1 is 1.06 bits per heavy atom. The first kappa shape index (κ1) is 15.5. The maximum atomic E-state index is 11.9. The second kappa shape index (κ2) is 5.20. The van der Waals surface area contributed by atoms with Crippen LogP contribution in [0.25, 0.3) is 0 Å². The van der Waals surface area contributed by atoms with Gasteiger partial charge in [0.1, 0.15) is 5.60 Å². The van der Waals surface area contributed by atoms with E-state index in [2.05, 4.69) is 20.8 Å². The van der Waals surface area contributed by atoms with Crippen LogP contribution in [0.15, 0.2) is 0 Å². The lowest BCUT2D eigenvalue weighted by Gasteiger charge is -2.33. The molecular formula is C14H28O2. The molecule has 0 amide bonds. The standard InChI is InChI=1S/C14H28O2/c1-10(2)11(3)12(15)16-14(7,8)9-13(4,5)6/h10-11H,9H2,1-8H3. The Balaban J connectivity index is 4.42. The number of carbonyl (C=O) groups is 1. The Kier molecular flexibility index (Phi) is 5.03. The first-order valence-corrected chi connectivity index (χ1v) is 6.17. The lowest BCUT2D eigenvalue weighted by molar-refractivity contribution is -0.164. The van der Waals surface area contributed by atoms with Gasteiger partial charge in [0.15, 0.2) is 0 Å². The quantitative estimate of drug-likeness (QED) is 0.679. The third-order valence-electron chi connectivity index (χ3n) is 2.70. The fraction of sp³-hybridized carbons (Fsp3) is 0.929. The molecule has 0 aliphatic carbocycles. The summed E-state index contributed by atoms with van der Waals surface area (Å²) in [5.74, 6) is 0.224. The SMILES string of the molecule is CC(C)C(C)C(=O)OC(C)(C)CC(C)(C)C. The summed E-state index contributed by atoms with van der Waals surface area (Å²) in [6.45, 7) is 16.5. The van der Waals surface area contributed by atoms with Gasteiger partial charge < -0.3 is 4.74 Å². The van der Waals surface area contributed by atoms with Crippen LogP contribution in [0.5, 0.6) is 0 Å². The van der Waals surface area contributed by atoms with Gasteiger partial charge in [-0.2, -0.15) is 0 Å². The van der Waals surface area contributed by atoms with E-state index in [-0.39, 0.29) is 22.9 Å². The van der Waals surface area contributed by atoms with Crippen molar-refractivity contribution in [2.75, 3.05) is 0 Å². The third-order valence-corrected chi connectivity index (χ3v) is 2.70. The molecular weight excluding hydrogens is 200 g/mol. The van der Waals surface area contributed by atoms with Crippen molar-refractivity contribution in [1.29, 1.82) is 0 Å². The molecule has 0 aromatic heterocycles. The molecule has 0 radical (unpaired) electrons. The van der Waals surface area contributed by atoms with Crippen LogP contribution >= 0.6 is 0 Å². The van der Waals surface area contributed by atoms with Crippen LogP contribution in [0.3, 0.4) is 0 Å². The molecule has 0 spiro atoms. The number of hydrogen-bond acceptors (Lipinski definition) is 2. The predicted molar refractivity (Wildman–Crippen MR) is 68.2 cm³/mol. The van der Waals surface area contributed by atoms with E-state index in [1.54, 1.807) is 0 Å². The van der Waals surface area contributed by atoms with Gasteiger partial charge in [-0.15, -0.1) is 0 Å². The Labute approximate surface area is 101 Å². The van der Waals surface area contributed by atoms with Crippen molar-refractivity contribution >= 4 is 5.97 Å². The zero-order chi connectivity index (χ0) is 13.1. The van der Waals surface area contributed by atoms with Crippen molar-refractivity contribution in [3.05, 3.63) is 0 Å². The lowest BCUT2D eigenvalue weighted by atomic mass is 9.83. The predicted octanol–water partition coefficient (Wildman–Crippen LogP) is 4.04.